The normalized spacial score (nSPS) is 12.9. The first-order valence-corrected chi connectivity index (χ1v) is 10.5. The predicted molar refractivity (Wildman–Crippen MR) is 121 cm³/mol. The van der Waals surface area contributed by atoms with Crippen LogP contribution < -0.4 is 14.4 Å². The quantitative estimate of drug-likeness (QED) is 0.321. The summed E-state index contributed by atoms with van der Waals surface area (Å²) in [5, 5.41) is 11.7. The summed E-state index contributed by atoms with van der Waals surface area (Å²) in [6, 6.07) is 9.56. The fraction of sp³-hybridized carbons (Fsp3) is 0.391. The van der Waals surface area contributed by atoms with E-state index in [2.05, 4.69) is 0 Å². The lowest BCUT2D eigenvalue weighted by atomic mass is 10.1. The highest BCUT2D eigenvalue weighted by molar-refractivity contribution is 5.97. The summed E-state index contributed by atoms with van der Waals surface area (Å²) in [7, 11) is 4.25. The Morgan fingerprint density at radius 2 is 1.67 bits per heavy atom. The van der Waals surface area contributed by atoms with Crippen molar-refractivity contribution in [3.63, 3.8) is 0 Å². The molecule has 0 saturated carbocycles. The Morgan fingerprint density at radius 3 is 2.21 bits per heavy atom. The van der Waals surface area contributed by atoms with E-state index in [-0.39, 0.29) is 24.3 Å². The van der Waals surface area contributed by atoms with E-state index in [0.717, 1.165) is 25.9 Å². The van der Waals surface area contributed by atoms with Crippen molar-refractivity contribution in [2.45, 2.75) is 19.4 Å². The van der Waals surface area contributed by atoms with E-state index >= 15 is 0 Å². The summed E-state index contributed by atoms with van der Waals surface area (Å²) >= 11 is 0. The Bertz CT molecular complexity index is 1010. The van der Waals surface area contributed by atoms with Crippen molar-refractivity contribution in [3.05, 3.63) is 57.6 Å². The van der Waals surface area contributed by atoms with E-state index in [9.17, 15) is 19.7 Å². The third-order valence-electron chi connectivity index (χ3n) is 5.49. The van der Waals surface area contributed by atoms with Gasteiger partial charge >= 0.3 is 5.97 Å². The molecule has 0 aromatic heterocycles. The van der Waals surface area contributed by atoms with E-state index in [1.54, 1.807) is 30.3 Å². The second kappa shape index (κ2) is 10.7. The van der Waals surface area contributed by atoms with E-state index in [1.807, 2.05) is 4.90 Å². The van der Waals surface area contributed by atoms with Crippen LogP contribution in [-0.4, -0.2) is 62.7 Å². The molecule has 0 radical (unpaired) electrons. The van der Waals surface area contributed by atoms with Crippen molar-refractivity contribution >= 4 is 23.3 Å². The van der Waals surface area contributed by atoms with E-state index < -0.39 is 16.8 Å². The molecule has 176 valence electrons. The second-order valence-corrected chi connectivity index (χ2v) is 7.61. The number of nitrogens with zero attached hydrogens (tertiary/aromatic N) is 3. The van der Waals surface area contributed by atoms with Gasteiger partial charge < -0.3 is 24.0 Å². The summed E-state index contributed by atoms with van der Waals surface area (Å²) in [4.78, 5) is 39.8. The molecular weight excluding hydrogens is 430 g/mol. The SMILES string of the molecule is COC(=O)CN(Cc1cc(OC)cc(OC)c1)C(=O)c1ccc(N2CCCC2)c([N+](=O)[O-])c1. The zero-order chi connectivity index (χ0) is 24.0. The van der Waals surface area contributed by atoms with E-state index in [0.29, 0.717) is 22.7 Å². The summed E-state index contributed by atoms with van der Waals surface area (Å²) in [5.74, 6) is -0.0829. The zero-order valence-electron chi connectivity index (χ0n) is 18.9. The number of amides is 1. The average molecular weight is 457 g/mol. The van der Waals surface area contributed by atoms with Crippen molar-refractivity contribution in [1.29, 1.82) is 0 Å². The molecule has 3 rings (SSSR count). The minimum atomic E-state index is -0.610. The maximum Gasteiger partial charge on any atom is 0.325 e. The number of hydrogen-bond donors (Lipinski definition) is 0. The van der Waals surface area contributed by atoms with Gasteiger partial charge in [0.2, 0.25) is 0 Å². The Kier molecular flexibility index (Phi) is 7.70. The highest BCUT2D eigenvalue weighted by Gasteiger charge is 2.26. The molecule has 10 nitrogen and oxygen atoms in total. The maximum absolute atomic E-state index is 13.3. The van der Waals surface area contributed by atoms with Crippen molar-refractivity contribution in [3.8, 4) is 11.5 Å². The van der Waals surface area contributed by atoms with Gasteiger partial charge in [-0.2, -0.15) is 0 Å². The molecular formula is C23H27N3O7. The number of methoxy groups -OCH3 is 3. The minimum Gasteiger partial charge on any atom is -0.497 e. The van der Waals surface area contributed by atoms with Gasteiger partial charge in [0, 0.05) is 37.3 Å². The highest BCUT2D eigenvalue weighted by Crippen LogP contribution is 2.32. The molecule has 1 heterocycles. The first kappa shape index (κ1) is 23.8. The molecule has 1 fully saturated rings. The van der Waals surface area contributed by atoms with Crippen LogP contribution in [-0.2, 0) is 16.1 Å². The molecule has 1 amide bonds. The van der Waals surface area contributed by atoms with Gasteiger partial charge in [0.15, 0.2) is 0 Å². The molecule has 0 bridgehead atoms. The number of rotatable bonds is 9. The number of hydrogen-bond acceptors (Lipinski definition) is 8. The van der Waals surface area contributed by atoms with Crippen LogP contribution in [0.2, 0.25) is 0 Å². The number of anilines is 1. The lowest BCUT2D eigenvalue weighted by molar-refractivity contribution is -0.384. The monoisotopic (exact) mass is 457 g/mol. The van der Waals surface area contributed by atoms with Crippen LogP contribution in [0.4, 0.5) is 11.4 Å². The lowest BCUT2D eigenvalue weighted by Crippen LogP contribution is -2.35. The molecule has 0 spiro atoms. The standard InChI is InChI=1S/C23H27N3O7/c1-31-18-10-16(11-19(13-18)32-2)14-25(15-22(27)33-3)23(28)17-6-7-20(21(12-17)26(29)30)24-8-4-5-9-24/h6-7,10-13H,4-5,8-9,14-15H2,1-3H3. The Balaban J connectivity index is 1.94. The topological polar surface area (TPSA) is 111 Å². The molecule has 0 aliphatic carbocycles. The number of carbonyl (C=O) groups excluding carboxylic acids is 2. The van der Waals surface area contributed by atoms with E-state index in [4.69, 9.17) is 14.2 Å². The molecule has 0 atom stereocenters. The third-order valence-corrected chi connectivity index (χ3v) is 5.49. The average Bonchev–Trinajstić information content (AvgIpc) is 3.37. The number of ether oxygens (including phenoxy) is 3. The number of carbonyl (C=O) groups is 2. The van der Waals surface area contributed by atoms with Gasteiger partial charge in [-0.3, -0.25) is 19.7 Å². The summed E-state index contributed by atoms with van der Waals surface area (Å²) in [6.45, 7) is 1.19. The molecule has 10 heteroatoms. The number of nitro benzene ring substituents is 1. The van der Waals surface area contributed by atoms with Crippen LogP contribution in [0.5, 0.6) is 11.5 Å². The lowest BCUT2D eigenvalue weighted by Gasteiger charge is -2.23. The van der Waals surface area contributed by atoms with E-state index in [1.165, 1.54) is 32.3 Å². The Morgan fingerprint density at radius 1 is 1.03 bits per heavy atom. The fourth-order valence-corrected chi connectivity index (χ4v) is 3.81. The Labute approximate surface area is 191 Å². The van der Waals surface area contributed by atoms with Gasteiger partial charge in [0.1, 0.15) is 23.7 Å². The molecule has 2 aromatic rings. The predicted octanol–water partition coefficient (Wildman–Crippen LogP) is 3.03. The fourth-order valence-electron chi connectivity index (χ4n) is 3.81. The molecule has 0 unspecified atom stereocenters. The van der Waals surface area contributed by atoms with Gasteiger partial charge in [0.05, 0.1) is 26.3 Å². The van der Waals surface area contributed by atoms with Crippen molar-refractivity contribution in [2.24, 2.45) is 0 Å². The Hall–Kier alpha value is -3.82. The molecule has 1 saturated heterocycles. The molecule has 1 aliphatic rings. The van der Waals surface area contributed by atoms with Gasteiger partial charge in [-0.25, -0.2) is 0 Å². The van der Waals surface area contributed by atoms with Gasteiger partial charge in [0.25, 0.3) is 11.6 Å². The molecule has 1 aliphatic heterocycles. The molecule has 0 N–H and O–H groups in total. The van der Waals surface area contributed by atoms with Crippen LogP contribution in [0.3, 0.4) is 0 Å². The highest BCUT2D eigenvalue weighted by atomic mass is 16.6. The summed E-state index contributed by atoms with van der Waals surface area (Å²) in [5.41, 5.74) is 1.13. The first-order chi connectivity index (χ1) is 15.9. The molecule has 2 aromatic carbocycles. The van der Waals surface area contributed by atoms with Crippen LogP contribution in [0.1, 0.15) is 28.8 Å². The van der Waals surface area contributed by atoms with Gasteiger partial charge in [-0.05, 0) is 42.7 Å². The van der Waals surface area contributed by atoms with Crippen molar-refractivity contribution in [2.75, 3.05) is 45.9 Å². The number of esters is 1. The number of nitro groups is 1. The van der Waals surface area contributed by atoms with Crippen LogP contribution >= 0.6 is 0 Å². The minimum absolute atomic E-state index is 0.0448. The summed E-state index contributed by atoms with van der Waals surface area (Å²) in [6.07, 6.45) is 1.93. The smallest absolute Gasteiger partial charge is 0.325 e. The van der Waals surface area contributed by atoms with Crippen LogP contribution in [0.25, 0.3) is 0 Å². The molecule has 33 heavy (non-hydrogen) atoms. The maximum atomic E-state index is 13.3. The van der Waals surface area contributed by atoms with Crippen molar-refractivity contribution < 1.29 is 28.7 Å². The van der Waals surface area contributed by atoms with Crippen LogP contribution in [0, 0.1) is 10.1 Å². The second-order valence-electron chi connectivity index (χ2n) is 7.61. The first-order valence-electron chi connectivity index (χ1n) is 10.5. The third kappa shape index (κ3) is 5.71. The van der Waals surface area contributed by atoms with Gasteiger partial charge in [-0.15, -0.1) is 0 Å². The summed E-state index contributed by atoms with van der Waals surface area (Å²) < 4.78 is 15.3. The van der Waals surface area contributed by atoms with Crippen molar-refractivity contribution in [1.82, 2.24) is 4.90 Å². The van der Waals surface area contributed by atoms with Crippen LogP contribution in [0.15, 0.2) is 36.4 Å². The number of benzene rings is 2. The van der Waals surface area contributed by atoms with Gasteiger partial charge in [-0.1, -0.05) is 0 Å². The largest absolute Gasteiger partial charge is 0.497 e. The zero-order valence-corrected chi connectivity index (χ0v) is 18.9.